The maximum atomic E-state index is 11.6. The molecular formula is C13H23N3O2. The normalized spacial score (nSPS) is 12.4. The summed E-state index contributed by atoms with van der Waals surface area (Å²) in [6.07, 6.45) is 3.19. The molecule has 18 heavy (non-hydrogen) atoms. The fourth-order valence-corrected chi connectivity index (χ4v) is 2.04. The van der Waals surface area contributed by atoms with Gasteiger partial charge in [0.05, 0.1) is 18.7 Å². The van der Waals surface area contributed by atoms with Crippen molar-refractivity contribution in [1.29, 1.82) is 0 Å². The molecule has 0 fully saturated rings. The molecule has 0 spiro atoms. The van der Waals surface area contributed by atoms with Gasteiger partial charge in [0.25, 0.3) is 0 Å². The van der Waals surface area contributed by atoms with Gasteiger partial charge in [-0.25, -0.2) is 0 Å². The van der Waals surface area contributed by atoms with Gasteiger partial charge in [-0.15, -0.1) is 0 Å². The van der Waals surface area contributed by atoms with Crippen molar-refractivity contribution in [3.8, 4) is 0 Å². The Hall–Kier alpha value is -1.36. The topological polar surface area (TPSA) is 56.1 Å². The Morgan fingerprint density at radius 1 is 1.50 bits per heavy atom. The third-order valence-corrected chi connectivity index (χ3v) is 2.77. The quantitative estimate of drug-likeness (QED) is 0.750. The third-order valence-electron chi connectivity index (χ3n) is 2.77. The van der Waals surface area contributed by atoms with Crippen LogP contribution >= 0.6 is 0 Å². The maximum Gasteiger partial charge on any atom is 0.307 e. The molecule has 5 heteroatoms. The second kappa shape index (κ2) is 7.16. The molecule has 0 aliphatic carbocycles. The van der Waals surface area contributed by atoms with Gasteiger partial charge in [-0.3, -0.25) is 9.48 Å². The van der Waals surface area contributed by atoms with E-state index in [4.69, 9.17) is 4.74 Å². The Labute approximate surface area is 109 Å². The molecule has 5 nitrogen and oxygen atoms in total. The summed E-state index contributed by atoms with van der Waals surface area (Å²) in [5.41, 5.74) is 2.13. The van der Waals surface area contributed by atoms with Crippen molar-refractivity contribution in [3.63, 3.8) is 0 Å². The molecule has 1 aromatic heterocycles. The summed E-state index contributed by atoms with van der Waals surface area (Å²) in [6, 6.07) is -0.0160. The zero-order valence-electron chi connectivity index (χ0n) is 11.7. The van der Waals surface area contributed by atoms with Crippen molar-refractivity contribution in [3.05, 3.63) is 17.5 Å². The maximum absolute atomic E-state index is 11.6. The highest BCUT2D eigenvalue weighted by molar-refractivity contribution is 5.70. The lowest BCUT2D eigenvalue weighted by atomic mass is 10.0. The number of nitrogens with one attached hydrogen (secondary N) is 1. The van der Waals surface area contributed by atoms with Crippen LogP contribution in [-0.4, -0.2) is 28.9 Å². The zero-order valence-corrected chi connectivity index (χ0v) is 11.7. The Balaban J connectivity index is 2.85. The van der Waals surface area contributed by atoms with Gasteiger partial charge in [0.2, 0.25) is 0 Å². The number of carbonyl (C=O) groups is 1. The molecule has 0 radical (unpaired) electrons. The first-order valence-corrected chi connectivity index (χ1v) is 6.53. The van der Waals surface area contributed by atoms with E-state index in [2.05, 4.69) is 17.3 Å². The van der Waals surface area contributed by atoms with Gasteiger partial charge < -0.3 is 10.1 Å². The Morgan fingerprint density at radius 3 is 2.78 bits per heavy atom. The number of hydrogen-bond donors (Lipinski definition) is 1. The van der Waals surface area contributed by atoms with Gasteiger partial charge >= 0.3 is 5.97 Å². The average Bonchev–Trinajstić information content (AvgIpc) is 2.70. The van der Waals surface area contributed by atoms with Crippen LogP contribution in [-0.2, 0) is 23.0 Å². The Kier molecular flexibility index (Phi) is 5.85. The minimum absolute atomic E-state index is 0.0160. The van der Waals surface area contributed by atoms with E-state index >= 15 is 0 Å². The predicted molar refractivity (Wildman–Crippen MR) is 70.3 cm³/mol. The molecule has 0 bridgehead atoms. The molecule has 1 aromatic rings. The molecular weight excluding hydrogens is 230 g/mol. The van der Waals surface area contributed by atoms with Crippen molar-refractivity contribution in [2.75, 3.05) is 13.2 Å². The van der Waals surface area contributed by atoms with E-state index in [1.165, 1.54) is 0 Å². The lowest BCUT2D eigenvalue weighted by Crippen LogP contribution is -2.25. The van der Waals surface area contributed by atoms with Crippen LogP contribution in [0.1, 0.15) is 44.5 Å². The summed E-state index contributed by atoms with van der Waals surface area (Å²) >= 11 is 0. The number of aryl methyl sites for hydroxylation is 2. The molecule has 1 heterocycles. The van der Waals surface area contributed by atoms with Crippen molar-refractivity contribution in [2.24, 2.45) is 7.05 Å². The van der Waals surface area contributed by atoms with Crippen LogP contribution in [0.15, 0.2) is 6.20 Å². The summed E-state index contributed by atoms with van der Waals surface area (Å²) in [5, 5.41) is 7.73. The van der Waals surface area contributed by atoms with Crippen LogP contribution < -0.4 is 5.32 Å². The average molecular weight is 253 g/mol. The molecule has 1 unspecified atom stereocenters. The molecule has 0 saturated heterocycles. The fraction of sp³-hybridized carbons (Fsp3) is 0.692. The monoisotopic (exact) mass is 253 g/mol. The van der Waals surface area contributed by atoms with Gasteiger partial charge in [-0.05, 0) is 19.9 Å². The van der Waals surface area contributed by atoms with Gasteiger partial charge in [0, 0.05) is 24.8 Å². The van der Waals surface area contributed by atoms with Gasteiger partial charge in [0.15, 0.2) is 0 Å². The van der Waals surface area contributed by atoms with Crippen molar-refractivity contribution in [2.45, 2.75) is 39.7 Å². The highest BCUT2D eigenvalue weighted by atomic mass is 16.5. The van der Waals surface area contributed by atoms with E-state index in [1.807, 2.05) is 27.1 Å². The molecule has 1 N–H and O–H groups in total. The van der Waals surface area contributed by atoms with Crippen molar-refractivity contribution in [1.82, 2.24) is 15.1 Å². The van der Waals surface area contributed by atoms with Crippen LogP contribution in [0.5, 0.6) is 0 Å². The summed E-state index contributed by atoms with van der Waals surface area (Å²) in [4.78, 5) is 11.6. The number of carbonyl (C=O) groups excluding carboxylic acids is 1. The van der Waals surface area contributed by atoms with E-state index in [9.17, 15) is 4.79 Å². The SMILES string of the molecule is CCNC(CC(=O)OCC)c1cn(C)nc1CC. The van der Waals surface area contributed by atoms with Crippen LogP contribution in [0.25, 0.3) is 0 Å². The minimum Gasteiger partial charge on any atom is -0.466 e. The smallest absolute Gasteiger partial charge is 0.307 e. The van der Waals surface area contributed by atoms with Crippen LogP contribution in [0, 0.1) is 0 Å². The van der Waals surface area contributed by atoms with Gasteiger partial charge in [0.1, 0.15) is 0 Å². The third kappa shape index (κ3) is 3.84. The molecule has 0 amide bonds. The molecule has 0 aromatic carbocycles. The lowest BCUT2D eigenvalue weighted by molar-refractivity contribution is -0.143. The summed E-state index contributed by atoms with van der Waals surface area (Å²) in [6.45, 7) is 7.15. The molecule has 0 aliphatic rings. The van der Waals surface area contributed by atoms with E-state index in [0.29, 0.717) is 13.0 Å². The standard InChI is InChI=1S/C13H23N3O2/c1-5-11-10(9-16(4)15-11)12(14-6-2)8-13(17)18-7-3/h9,12,14H,5-8H2,1-4H3. The van der Waals surface area contributed by atoms with Gasteiger partial charge in [-0.1, -0.05) is 13.8 Å². The van der Waals surface area contributed by atoms with E-state index < -0.39 is 0 Å². The lowest BCUT2D eigenvalue weighted by Gasteiger charge is -2.16. The highest BCUT2D eigenvalue weighted by Gasteiger charge is 2.20. The van der Waals surface area contributed by atoms with E-state index in [-0.39, 0.29) is 12.0 Å². The molecule has 1 atom stereocenters. The number of esters is 1. The Bertz CT molecular complexity index is 388. The largest absolute Gasteiger partial charge is 0.466 e. The first-order chi connectivity index (χ1) is 8.62. The predicted octanol–water partition coefficient (Wildman–Crippen LogP) is 1.59. The first kappa shape index (κ1) is 14.7. The van der Waals surface area contributed by atoms with Crippen molar-refractivity contribution < 1.29 is 9.53 Å². The molecule has 1 rings (SSSR count). The number of hydrogen-bond acceptors (Lipinski definition) is 4. The van der Waals surface area contributed by atoms with Crippen molar-refractivity contribution >= 4 is 5.97 Å². The second-order valence-corrected chi connectivity index (χ2v) is 4.18. The molecule has 0 aliphatic heterocycles. The summed E-state index contributed by atoms with van der Waals surface area (Å²) in [7, 11) is 1.90. The van der Waals surface area contributed by atoms with Gasteiger partial charge in [-0.2, -0.15) is 5.10 Å². The molecule has 102 valence electrons. The number of aromatic nitrogens is 2. The van der Waals surface area contributed by atoms with Crippen LogP contribution in [0.2, 0.25) is 0 Å². The zero-order chi connectivity index (χ0) is 13.5. The van der Waals surface area contributed by atoms with Crippen LogP contribution in [0.3, 0.4) is 0 Å². The van der Waals surface area contributed by atoms with Crippen LogP contribution in [0.4, 0.5) is 0 Å². The highest BCUT2D eigenvalue weighted by Crippen LogP contribution is 2.21. The number of rotatable bonds is 7. The second-order valence-electron chi connectivity index (χ2n) is 4.18. The van der Waals surface area contributed by atoms with E-state index in [0.717, 1.165) is 24.2 Å². The number of nitrogens with zero attached hydrogens (tertiary/aromatic N) is 2. The van der Waals surface area contributed by atoms with E-state index in [1.54, 1.807) is 4.68 Å². The molecule has 0 saturated carbocycles. The summed E-state index contributed by atoms with van der Waals surface area (Å²) < 4.78 is 6.81. The fourth-order valence-electron chi connectivity index (χ4n) is 2.04. The minimum atomic E-state index is -0.172. The Morgan fingerprint density at radius 2 is 2.22 bits per heavy atom. The summed E-state index contributed by atoms with van der Waals surface area (Å²) in [5.74, 6) is -0.172. The number of ether oxygens (including phenoxy) is 1. The first-order valence-electron chi connectivity index (χ1n) is 6.53.